The molecule has 3 aromatic carbocycles. The van der Waals surface area contributed by atoms with E-state index in [4.69, 9.17) is 9.47 Å². The molecule has 1 amide bonds. The molecule has 0 aliphatic carbocycles. The highest BCUT2D eigenvalue weighted by Crippen LogP contribution is 2.32. The average Bonchev–Trinajstić information content (AvgIpc) is 2.90. The van der Waals surface area contributed by atoms with E-state index in [1.165, 1.54) is 42.5 Å². The molecule has 186 valence electrons. The Bertz CT molecular complexity index is 1450. The van der Waals surface area contributed by atoms with Crippen LogP contribution in [0.2, 0.25) is 0 Å². The number of para-hydroxylation sites is 1. The Morgan fingerprint density at radius 1 is 0.972 bits per heavy atom. The minimum atomic E-state index is -0.554. The molecular formula is C28H28FN3O4. The Morgan fingerprint density at radius 2 is 1.67 bits per heavy atom. The number of hydrogen-bond donors (Lipinski definition) is 2. The predicted octanol–water partition coefficient (Wildman–Crippen LogP) is 4.97. The molecule has 7 nitrogen and oxygen atoms in total. The monoisotopic (exact) mass is 489 g/mol. The second kappa shape index (κ2) is 10.9. The summed E-state index contributed by atoms with van der Waals surface area (Å²) < 4.78 is 26.3. The zero-order chi connectivity index (χ0) is 25.7. The lowest BCUT2D eigenvalue weighted by Gasteiger charge is -2.16. The largest absolute Gasteiger partial charge is 0.493 e. The van der Waals surface area contributed by atoms with Crippen LogP contribution >= 0.6 is 0 Å². The van der Waals surface area contributed by atoms with Crippen molar-refractivity contribution in [2.24, 2.45) is 0 Å². The van der Waals surface area contributed by atoms with Gasteiger partial charge in [-0.2, -0.15) is 0 Å². The van der Waals surface area contributed by atoms with Crippen molar-refractivity contribution in [2.75, 3.05) is 24.9 Å². The van der Waals surface area contributed by atoms with Crippen LogP contribution in [0.4, 0.5) is 15.8 Å². The first-order valence-electron chi connectivity index (χ1n) is 11.6. The van der Waals surface area contributed by atoms with E-state index < -0.39 is 11.7 Å². The maximum Gasteiger partial charge on any atom is 0.256 e. The van der Waals surface area contributed by atoms with E-state index in [9.17, 15) is 14.0 Å². The van der Waals surface area contributed by atoms with E-state index in [1.54, 1.807) is 24.3 Å². The van der Waals surface area contributed by atoms with Crippen molar-refractivity contribution in [3.63, 3.8) is 0 Å². The molecule has 0 bridgehead atoms. The van der Waals surface area contributed by atoms with Crippen molar-refractivity contribution in [2.45, 2.75) is 26.4 Å². The maximum atomic E-state index is 14.1. The minimum absolute atomic E-state index is 0.0486. The van der Waals surface area contributed by atoms with Crippen LogP contribution in [0.1, 0.15) is 18.1 Å². The number of fused-ring (bicyclic) bond motifs is 1. The molecule has 0 atom stereocenters. The second-order valence-electron chi connectivity index (χ2n) is 8.26. The first-order chi connectivity index (χ1) is 17.4. The molecule has 8 heteroatoms. The zero-order valence-corrected chi connectivity index (χ0v) is 20.4. The highest BCUT2D eigenvalue weighted by molar-refractivity contribution is 5.92. The summed E-state index contributed by atoms with van der Waals surface area (Å²) in [5.74, 6) is -0.158. The number of ether oxygens (including phenoxy) is 2. The van der Waals surface area contributed by atoms with Crippen LogP contribution in [-0.4, -0.2) is 24.7 Å². The molecule has 0 saturated carbocycles. The van der Waals surface area contributed by atoms with E-state index >= 15 is 0 Å². The summed E-state index contributed by atoms with van der Waals surface area (Å²) in [5.41, 5.74) is 2.77. The van der Waals surface area contributed by atoms with Gasteiger partial charge in [0.25, 0.3) is 5.56 Å². The van der Waals surface area contributed by atoms with Gasteiger partial charge < -0.3 is 20.1 Å². The number of benzene rings is 3. The highest BCUT2D eigenvalue weighted by Gasteiger charge is 2.17. The molecule has 0 spiro atoms. The van der Waals surface area contributed by atoms with Crippen molar-refractivity contribution >= 4 is 28.2 Å². The van der Waals surface area contributed by atoms with Crippen LogP contribution in [-0.2, 0) is 24.3 Å². The van der Waals surface area contributed by atoms with Gasteiger partial charge in [0.05, 0.1) is 25.4 Å². The highest BCUT2D eigenvalue weighted by atomic mass is 19.1. The number of rotatable bonds is 9. The van der Waals surface area contributed by atoms with E-state index in [0.717, 1.165) is 12.1 Å². The number of hydrogen-bond acceptors (Lipinski definition) is 5. The Labute approximate surface area is 208 Å². The summed E-state index contributed by atoms with van der Waals surface area (Å²) in [6, 6.07) is 19.1. The van der Waals surface area contributed by atoms with Gasteiger partial charge in [-0.25, -0.2) is 4.39 Å². The van der Waals surface area contributed by atoms with Crippen LogP contribution in [0.3, 0.4) is 0 Å². The van der Waals surface area contributed by atoms with Crippen LogP contribution in [0.25, 0.3) is 10.9 Å². The van der Waals surface area contributed by atoms with Crippen molar-refractivity contribution in [1.29, 1.82) is 0 Å². The molecule has 0 aliphatic heterocycles. The number of methoxy groups -OCH3 is 2. The fraction of sp³-hybridized carbons (Fsp3) is 0.214. The van der Waals surface area contributed by atoms with Gasteiger partial charge in [0, 0.05) is 29.2 Å². The lowest BCUT2D eigenvalue weighted by molar-refractivity contribution is -0.116. The van der Waals surface area contributed by atoms with Gasteiger partial charge in [0.15, 0.2) is 11.5 Å². The Hall–Kier alpha value is -4.33. The Morgan fingerprint density at radius 3 is 2.33 bits per heavy atom. The summed E-state index contributed by atoms with van der Waals surface area (Å²) in [7, 11) is 3.03. The van der Waals surface area contributed by atoms with Gasteiger partial charge in [0.1, 0.15) is 12.4 Å². The number of carbonyl (C=O) groups is 1. The first-order valence-corrected chi connectivity index (χ1v) is 11.6. The number of aryl methyl sites for hydroxylation is 1. The van der Waals surface area contributed by atoms with E-state index in [1.807, 2.05) is 24.3 Å². The smallest absolute Gasteiger partial charge is 0.256 e. The maximum absolute atomic E-state index is 14.1. The van der Waals surface area contributed by atoms with Gasteiger partial charge >= 0.3 is 0 Å². The third kappa shape index (κ3) is 5.33. The van der Waals surface area contributed by atoms with E-state index in [0.29, 0.717) is 28.0 Å². The zero-order valence-electron chi connectivity index (χ0n) is 20.4. The molecule has 4 aromatic rings. The number of anilines is 2. The molecule has 0 aliphatic rings. The van der Waals surface area contributed by atoms with Crippen molar-refractivity contribution in [3.05, 3.63) is 94.0 Å². The number of nitrogens with one attached hydrogen (secondary N) is 2. The number of halogens is 1. The van der Waals surface area contributed by atoms with Gasteiger partial charge in [-0.15, -0.1) is 0 Å². The molecule has 0 unspecified atom stereocenters. The van der Waals surface area contributed by atoms with Gasteiger partial charge in [-0.05, 0) is 48.4 Å². The number of pyridine rings is 1. The molecule has 0 fully saturated rings. The molecule has 2 N–H and O–H groups in total. The summed E-state index contributed by atoms with van der Waals surface area (Å²) in [6.45, 7) is 2.04. The van der Waals surface area contributed by atoms with Crippen molar-refractivity contribution < 1.29 is 18.7 Å². The molecule has 1 aromatic heterocycles. The molecular weight excluding hydrogens is 461 g/mol. The van der Waals surface area contributed by atoms with Crippen molar-refractivity contribution in [1.82, 2.24) is 4.57 Å². The van der Waals surface area contributed by atoms with Crippen LogP contribution < -0.4 is 25.7 Å². The lowest BCUT2D eigenvalue weighted by Crippen LogP contribution is -2.31. The minimum Gasteiger partial charge on any atom is -0.493 e. The number of nitrogens with zero attached hydrogens (tertiary/aromatic N) is 1. The second-order valence-corrected chi connectivity index (χ2v) is 8.26. The lowest BCUT2D eigenvalue weighted by atomic mass is 10.1. The standard InChI is InChI=1S/C28H28FN3O4/c1-4-18-9-11-21(12-10-18)30-16-20-13-19-14-25(35-2)26(36-3)15-24(19)32(28(20)34)17-27(33)31-23-8-6-5-7-22(23)29/h5-15,30H,4,16-17H2,1-3H3,(H,31,33). The molecule has 36 heavy (non-hydrogen) atoms. The quantitative estimate of drug-likeness (QED) is 0.347. The molecule has 4 rings (SSSR count). The Balaban J connectivity index is 1.72. The summed E-state index contributed by atoms with van der Waals surface area (Å²) in [5, 5.41) is 6.52. The third-order valence-electron chi connectivity index (χ3n) is 5.97. The van der Waals surface area contributed by atoms with Crippen LogP contribution in [0.15, 0.2) is 71.5 Å². The number of amides is 1. The number of aromatic nitrogens is 1. The first kappa shape index (κ1) is 24.8. The van der Waals surface area contributed by atoms with Crippen molar-refractivity contribution in [3.8, 4) is 11.5 Å². The summed E-state index contributed by atoms with van der Waals surface area (Å²) in [6.07, 6.45) is 0.940. The molecule has 0 saturated heterocycles. The molecule has 1 heterocycles. The Kier molecular flexibility index (Phi) is 7.53. The van der Waals surface area contributed by atoms with Gasteiger partial charge in [0.2, 0.25) is 5.91 Å². The fourth-order valence-electron chi connectivity index (χ4n) is 4.00. The third-order valence-corrected chi connectivity index (χ3v) is 5.97. The average molecular weight is 490 g/mol. The fourth-order valence-corrected chi connectivity index (χ4v) is 4.00. The van der Waals surface area contributed by atoms with Crippen LogP contribution in [0.5, 0.6) is 11.5 Å². The molecule has 0 radical (unpaired) electrons. The van der Waals surface area contributed by atoms with E-state index in [2.05, 4.69) is 17.6 Å². The SMILES string of the molecule is CCc1ccc(NCc2cc3cc(OC)c(OC)cc3n(CC(=O)Nc3ccccc3F)c2=O)cc1. The van der Waals surface area contributed by atoms with E-state index in [-0.39, 0.29) is 24.3 Å². The summed E-state index contributed by atoms with van der Waals surface area (Å²) in [4.78, 5) is 26.4. The summed E-state index contributed by atoms with van der Waals surface area (Å²) >= 11 is 0. The normalized spacial score (nSPS) is 10.8. The topological polar surface area (TPSA) is 81.6 Å². The number of carbonyl (C=O) groups excluding carboxylic acids is 1. The van der Waals surface area contributed by atoms with Gasteiger partial charge in [-0.1, -0.05) is 31.2 Å². The van der Waals surface area contributed by atoms with Crippen LogP contribution in [0, 0.1) is 5.82 Å². The predicted molar refractivity (Wildman–Crippen MR) is 139 cm³/mol. The van der Waals surface area contributed by atoms with Gasteiger partial charge in [-0.3, -0.25) is 14.2 Å².